The Morgan fingerprint density at radius 1 is 1.35 bits per heavy atom. The van der Waals surface area contributed by atoms with E-state index in [1.165, 1.54) is 6.07 Å². The van der Waals surface area contributed by atoms with Crippen LogP contribution in [-0.4, -0.2) is 42.7 Å². The van der Waals surface area contributed by atoms with Crippen LogP contribution in [0.15, 0.2) is 18.2 Å². The third kappa shape index (κ3) is 3.66. The van der Waals surface area contributed by atoms with Gasteiger partial charge in [-0.15, -0.1) is 0 Å². The molecule has 1 amide bonds. The summed E-state index contributed by atoms with van der Waals surface area (Å²) in [6.45, 7) is 4.46. The van der Waals surface area contributed by atoms with Crippen molar-refractivity contribution in [2.45, 2.75) is 26.1 Å². The molecule has 2 atom stereocenters. The van der Waals surface area contributed by atoms with Crippen molar-refractivity contribution in [3.05, 3.63) is 29.8 Å². The molecule has 0 aromatic heterocycles. The largest absolute Gasteiger partial charge is 0.481 e. The third-order valence-electron chi connectivity index (χ3n) is 3.02. The molecule has 110 valence electrons. The van der Waals surface area contributed by atoms with E-state index in [2.05, 4.69) is 0 Å². The van der Waals surface area contributed by atoms with Gasteiger partial charge < -0.3 is 14.4 Å². The number of rotatable bonds is 3. The monoisotopic (exact) mass is 285 g/mol. The Hall–Kier alpha value is -1.69. The Morgan fingerprint density at radius 3 is 2.60 bits per heavy atom. The van der Waals surface area contributed by atoms with Crippen LogP contribution in [0.25, 0.3) is 0 Å². The summed E-state index contributed by atoms with van der Waals surface area (Å²) in [6.07, 6.45) is -0.0736. The maximum atomic E-state index is 13.4. The van der Waals surface area contributed by atoms with Gasteiger partial charge in [0.15, 0.2) is 18.2 Å². The average Bonchev–Trinajstić information content (AvgIpc) is 2.36. The number of carbonyl (C=O) groups is 1. The van der Waals surface area contributed by atoms with E-state index < -0.39 is 11.6 Å². The lowest BCUT2D eigenvalue weighted by Gasteiger charge is -2.35. The Kier molecular flexibility index (Phi) is 4.54. The fourth-order valence-corrected chi connectivity index (χ4v) is 2.20. The first kappa shape index (κ1) is 14.7. The van der Waals surface area contributed by atoms with E-state index in [0.29, 0.717) is 13.1 Å². The molecule has 0 saturated carbocycles. The summed E-state index contributed by atoms with van der Waals surface area (Å²) in [5.41, 5.74) is 0. The van der Waals surface area contributed by atoms with Gasteiger partial charge in [0.1, 0.15) is 5.82 Å². The highest BCUT2D eigenvalue weighted by Gasteiger charge is 2.26. The van der Waals surface area contributed by atoms with Gasteiger partial charge in [-0.05, 0) is 26.0 Å². The Bertz CT molecular complexity index is 485. The molecule has 6 heteroatoms. The number of amides is 1. The van der Waals surface area contributed by atoms with Gasteiger partial charge in [-0.3, -0.25) is 4.79 Å². The van der Waals surface area contributed by atoms with Crippen LogP contribution in [0, 0.1) is 11.6 Å². The Morgan fingerprint density at radius 2 is 2.00 bits per heavy atom. The van der Waals surface area contributed by atoms with Crippen LogP contribution in [0.3, 0.4) is 0 Å². The van der Waals surface area contributed by atoms with E-state index in [0.717, 1.165) is 12.1 Å². The molecule has 0 radical (unpaired) electrons. The lowest BCUT2D eigenvalue weighted by molar-refractivity contribution is -0.145. The molecule has 1 saturated heterocycles. The highest BCUT2D eigenvalue weighted by atomic mass is 19.1. The summed E-state index contributed by atoms with van der Waals surface area (Å²) < 4.78 is 36.7. The molecule has 2 rings (SSSR count). The van der Waals surface area contributed by atoms with Gasteiger partial charge in [0.25, 0.3) is 5.91 Å². The van der Waals surface area contributed by atoms with Crippen molar-refractivity contribution in [1.29, 1.82) is 0 Å². The van der Waals surface area contributed by atoms with Crippen LogP contribution < -0.4 is 4.74 Å². The highest BCUT2D eigenvalue weighted by molar-refractivity contribution is 5.78. The lowest BCUT2D eigenvalue weighted by atomic mass is 10.2. The number of hydrogen-bond acceptors (Lipinski definition) is 3. The molecule has 1 heterocycles. The van der Waals surface area contributed by atoms with Gasteiger partial charge in [-0.2, -0.15) is 0 Å². The first-order valence-electron chi connectivity index (χ1n) is 6.47. The van der Waals surface area contributed by atoms with Crippen LogP contribution in [0.2, 0.25) is 0 Å². The molecule has 1 aliphatic heterocycles. The van der Waals surface area contributed by atoms with Gasteiger partial charge in [-0.1, -0.05) is 0 Å². The first-order chi connectivity index (χ1) is 9.45. The van der Waals surface area contributed by atoms with Crippen molar-refractivity contribution >= 4 is 5.91 Å². The van der Waals surface area contributed by atoms with Crippen molar-refractivity contribution in [3.8, 4) is 5.75 Å². The van der Waals surface area contributed by atoms with Crippen LogP contribution >= 0.6 is 0 Å². The number of ether oxygens (including phenoxy) is 2. The maximum Gasteiger partial charge on any atom is 0.260 e. The van der Waals surface area contributed by atoms with Crippen molar-refractivity contribution in [3.63, 3.8) is 0 Å². The first-order valence-corrected chi connectivity index (χ1v) is 6.47. The Balaban J connectivity index is 1.91. The van der Waals surface area contributed by atoms with E-state index in [9.17, 15) is 13.6 Å². The molecular formula is C14H17F2NO3. The van der Waals surface area contributed by atoms with Crippen molar-refractivity contribution in [1.82, 2.24) is 4.90 Å². The van der Waals surface area contributed by atoms with Crippen LogP contribution in [0.5, 0.6) is 5.75 Å². The molecule has 0 unspecified atom stereocenters. The molecule has 0 N–H and O–H groups in total. The zero-order valence-electron chi connectivity index (χ0n) is 11.4. The molecule has 1 fully saturated rings. The molecule has 0 aliphatic carbocycles. The normalized spacial score (nSPS) is 22.7. The van der Waals surface area contributed by atoms with E-state index in [4.69, 9.17) is 9.47 Å². The Labute approximate surface area is 116 Å². The average molecular weight is 285 g/mol. The number of halogens is 2. The van der Waals surface area contributed by atoms with Crippen LogP contribution in [0.1, 0.15) is 13.8 Å². The van der Waals surface area contributed by atoms with Gasteiger partial charge in [0.2, 0.25) is 0 Å². The minimum atomic E-state index is -0.818. The summed E-state index contributed by atoms with van der Waals surface area (Å²) in [7, 11) is 0. The third-order valence-corrected chi connectivity index (χ3v) is 3.02. The summed E-state index contributed by atoms with van der Waals surface area (Å²) in [6, 6.07) is 2.98. The number of benzene rings is 1. The molecule has 1 aromatic rings. The van der Waals surface area contributed by atoms with Gasteiger partial charge in [0.05, 0.1) is 12.2 Å². The van der Waals surface area contributed by atoms with Crippen molar-refractivity contribution in [2.75, 3.05) is 19.7 Å². The summed E-state index contributed by atoms with van der Waals surface area (Å²) in [5.74, 6) is -1.87. The fraction of sp³-hybridized carbons (Fsp3) is 0.500. The number of morpholine rings is 1. The van der Waals surface area contributed by atoms with E-state index in [-0.39, 0.29) is 30.5 Å². The lowest BCUT2D eigenvalue weighted by Crippen LogP contribution is -2.49. The van der Waals surface area contributed by atoms with Gasteiger partial charge >= 0.3 is 0 Å². The van der Waals surface area contributed by atoms with Crippen molar-refractivity contribution in [2.24, 2.45) is 0 Å². The molecule has 0 spiro atoms. The molecule has 0 bridgehead atoms. The topological polar surface area (TPSA) is 38.8 Å². The van der Waals surface area contributed by atoms with Crippen LogP contribution in [0.4, 0.5) is 8.78 Å². The molecule has 4 nitrogen and oxygen atoms in total. The van der Waals surface area contributed by atoms with E-state index in [1.807, 2.05) is 13.8 Å². The number of nitrogens with zero attached hydrogens (tertiary/aromatic N) is 1. The van der Waals surface area contributed by atoms with E-state index in [1.54, 1.807) is 4.90 Å². The zero-order chi connectivity index (χ0) is 14.7. The number of hydrogen-bond donors (Lipinski definition) is 0. The smallest absolute Gasteiger partial charge is 0.260 e. The quantitative estimate of drug-likeness (QED) is 0.852. The summed E-state index contributed by atoms with van der Waals surface area (Å²) >= 11 is 0. The van der Waals surface area contributed by atoms with E-state index >= 15 is 0 Å². The summed E-state index contributed by atoms with van der Waals surface area (Å²) in [5, 5.41) is 0. The van der Waals surface area contributed by atoms with Gasteiger partial charge in [0, 0.05) is 19.2 Å². The SMILES string of the molecule is C[C@@H]1CN(C(=O)COc2ccc(F)cc2F)C[C@@H](C)O1. The minimum Gasteiger partial charge on any atom is -0.481 e. The van der Waals surface area contributed by atoms with Crippen LogP contribution in [-0.2, 0) is 9.53 Å². The zero-order valence-corrected chi connectivity index (χ0v) is 11.4. The maximum absolute atomic E-state index is 13.4. The second-order valence-electron chi connectivity index (χ2n) is 4.92. The second-order valence-corrected chi connectivity index (χ2v) is 4.92. The minimum absolute atomic E-state index is 0.0368. The fourth-order valence-electron chi connectivity index (χ4n) is 2.20. The predicted octanol–water partition coefficient (Wildman–Crippen LogP) is 1.98. The standard InChI is InChI=1S/C14H17F2NO3/c1-9-6-17(7-10(2)20-9)14(18)8-19-13-4-3-11(15)5-12(13)16/h3-5,9-10H,6-8H2,1-2H3/t9-,10-/m1/s1. The number of carbonyl (C=O) groups excluding carboxylic acids is 1. The summed E-state index contributed by atoms with van der Waals surface area (Å²) in [4.78, 5) is 13.6. The predicted molar refractivity (Wildman–Crippen MR) is 68.4 cm³/mol. The van der Waals surface area contributed by atoms with Crippen molar-refractivity contribution < 1.29 is 23.0 Å². The highest BCUT2D eigenvalue weighted by Crippen LogP contribution is 2.18. The molecule has 1 aliphatic rings. The molecular weight excluding hydrogens is 268 g/mol. The molecule has 1 aromatic carbocycles. The molecule has 20 heavy (non-hydrogen) atoms. The van der Waals surface area contributed by atoms with Gasteiger partial charge in [-0.25, -0.2) is 8.78 Å². The second kappa shape index (κ2) is 6.17.